The summed E-state index contributed by atoms with van der Waals surface area (Å²) in [4.78, 5) is 0. The highest BCUT2D eigenvalue weighted by Crippen LogP contribution is 2.30. The third-order valence-electron chi connectivity index (χ3n) is 3.01. The summed E-state index contributed by atoms with van der Waals surface area (Å²) in [6, 6.07) is 13.9. The molecule has 20 heavy (non-hydrogen) atoms. The maximum absolute atomic E-state index is 6.31. The number of nitrogens with two attached hydrogens (primary N) is 1. The van der Waals surface area contributed by atoms with Gasteiger partial charge in [-0.3, -0.25) is 0 Å². The van der Waals surface area contributed by atoms with Gasteiger partial charge in [-0.05, 0) is 57.7 Å². The molecule has 0 bridgehead atoms. The maximum atomic E-state index is 6.31. The minimum Gasteiger partial charge on any atom is -0.492 e. The summed E-state index contributed by atoms with van der Waals surface area (Å²) < 4.78 is 7.64. The lowest BCUT2D eigenvalue weighted by Gasteiger charge is -2.15. The van der Waals surface area contributed by atoms with Crippen molar-refractivity contribution in [3.8, 4) is 5.75 Å². The van der Waals surface area contributed by atoms with Gasteiger partial charge >= 0.3 is 0 Å². The summed E-state index contributed by atoms with van der Waals surface area (Å²) in [5.41, 5.74) is 8.45. The van der Waals surface area contributed by atoms with Gasteiger partial charge in [-0.15, -0.1) is 0 Å². The van der Waals surface area contributed by atoms with Crippen LogP contribution < -0.4 is 10.5 Å². The fourth-order valence-electron chi connectivity index (χ4n) is 1.90. The first-order valence-electron chi connectivity index (χ1n) is 6.55. The van der Waals surface area contributed by atoms with Gasteiger partial charge in [-0.1, -0.05) is 41.1 Å². The lowest BCUT2D eigenvalue weighted by atomic mass is 10.00. The highest BCUT2D eigenvalue weighted by molar-refractivity contribution is 9.10. The number of benzene rings is 2. The van der Waals surface area contributed by atoms with Gasteiger partial charge in [0.1, 0.15) is 5.75 Å². The van der Waals surface area contributed by atoms with Crippen molar-refractivity contribution in [1.82, 2.24) is 0 Å². The molecule has 2 rings (SSSR count). The van der Waals surface area contributed by atoms with Gasteiger partial charge in [0, 0.05) is 4.47 Å². The van der Waals surface area contributed by atoms with Crippen molar-refractivity contribution >= 4 is 31.9 Å². The quantitative estimate of drug-likeness (QED) is 0.764. The zero-order chi connectivity index (χ0) is 14.5. The Bertz CT molecular complexity index is 569. The van der Waals surface area contributed by atoms with E-state index in [9.17, 15) is 0 Å². The average Bonchev–Trinajstić information content (AvgIpc) is 2.46. The number of ether oxygens (including phenoxy) is 1. The van der Waals surface area contributed by atoms with Crippen LogP contribution in [0.4, 0.5) is 0 Å². The Kier molecular flexibility index (Phi) is 5.64. The van der Waals surface area contributed by atoms with Crippen molar-refractivity contribution in [2.24, 2.45) is 5.73 Å². The van der Waals surface area contributed by atoms with Gasteiger partial charge in [0.05, 0.1) is 17.1 Å². The molecule has 2 nitrogen and oxygen atoms in total. The molecule has 2 aromatic carbocycles. The Labute approximate surface area is 136 Å². The summed E-state index contributed by atoms with van der Waals surface area (Å²) in [6.07, 6.45) is 0.993. The first-order chi connectivity index (χ1) is 9.61. The van der Waals surface area contributed by atoms with Crippen molar-refractivity contribution in [2.75, 3.05) is 6.61 Å². The number of hydrogen-bond donors (Lipinski definition) is 1. The lowest BCUT2D eigenvalue weighted by Crippen LogP contribution is -2.11. The van der Waals surface area contributed by atoms with Gasteiger partial charge in [0.25, 0.3) is 0 Å². The molecule has 0 saturated carbocycles. The van der Waals surface area contributed by atoms with Crippen molar-refractivity contribution in [3.05, 3.63) is 62.5 Å². The first kappa shape index (κ1) is 15.5. The predicted molar refractivity (Wildman–Crippen MR) is 90.1 cm³/mol. The van der Waals surface area contributed by atoms with E-state index in [1.54, 1.807) is 0 Å². The van der Waals surface area contributed by atoms with E-state index in [1.165, 1.54) is 0 Å². The normalized spacial score (nSPS) is 12.2. The van der Waals surface area contributed by atoms with Crippen LogP contribution in [0.1, 0.15) is 30.5 Å². The number of halogens is 2. The molecule has 0 aliphatic heterocycles. The molecule has 0 amide bonds. The maximum Gasteiger partial charge on any atom is 0.133 e. The second-order valence-corrected chi connectivity index (χ2v) is 6.34. The summed E-state index contributed by atoms with van der Waals surface area (Å²) in [6.45, 7) is 2.81. The van der Waals surface area contributed by atoms with E-state index >= 15 is 0 Å². The average molecular weight is 399 g/mol. The van der Waals surface area contributed by atoms with Gasteiger partial charge in [-0.2, -0.15) is 0 Å². The van der Waals surface area contributed by atoms with Crippen LogP contribution in [0.15, 0.2) is 51.4 Å². The number of rotatable bonds is 5. The summed E-state index contributed by atoms with van der Waals surface area (Å²) in [7, 11) is 0. The van der Waals surface area contributed by atoms with Crippen LogP contribution in [0.2, 0.25) is 0 Å². The Morgan fingerprint density at radius 2 is 1.70 bits per heavy atom. The third kappa shape index (κ3) is 3.84. The Morgan fingerprint density at radius 1 is 1.05 bits per heavy atom. The minimum atomic E-state index is -0.139. The summed E-state index contributed by atoms with van der Waals surface area (Å²) >= 11 is 6.97. The molecule has 1 unspecified atom stereocenters. The first-order valence-corrected chi connectivity index (χ1v) is 8.13. The second kappa shape index (κ2) is 7.25. The standard InChI is InChI=1S/C16H17Br2NO/c1-2-9-20-15-8-5-12(10-14(15)18)16(19)11-3-6-13(17)7-4-11/h3-8,10,16H,2,9,19H2,1H3. The van der Waals surface area contributed by atoms with Crippen LogP contribution in [-0.4, -0.2) is 6.61 Å². The van der Waals surface area contributed by atoms with Gasteiger partial charge in [0.15, 0.2) is 0 Å². The molecule has 2 N–H and O–H groups in total. The molecule has 0 aliphatic carbocycles. The topological polar surface area (TPSA) is 35.2 Å². The molecular formula is C16H17Br2NO. The predicted octanol–water partition coefficient (Wildman–Crippen LogP) is 5.05. The zero-order valence-electron chi connectivity index (χ0n) is 11.3. The fourth-order valence-corrected chi connectivity index (χ4v) is 2.68. The van der Waals surface area contributed by atoms with E-state index in [0.29, 0.717) is 0 Å². The molecule has 0 aliphatic rings. The lowest BCUT2D eigenvalue weighted by molar-refractivity contribution is 0.315. The molecule has 0 aromatic heterocycles. The molecule has 2 aromatic rings. The van der Waals surface area contributed by atoms with E-state index in [4.69, 9.17) is 10.5 Å². The second-order valence-electron chi connectivity index (χ2n) is 4.57. The molecule has 0 heterocycles. The molecule has 4 heteroatoms. The van der Waals surface area contributed by atoms with E-state index in [0.717, 1.165) is 38.8 Å². The molecular weight excluding hydrogens is 382 g/mol. The Balaban J connectivity index is 2.20. The van der Waals surface area contributed by atoms with Gasteiger partial charge in [0.2, 0.25) is 0 Å². The van der Waals surface area contributed by atoms with Crippen molar-refractivity contribution < 1.29 is 4.74 Å². The molecule has 0 fully saturated rings. The minimum absolute atomic E-state index is 0.139. The van der Waals surface area contributed by atoms with Crippen LogP contribution in [0, 0.1) is 0 Å². The highest BCUT2D eigenvalue weighted by Gasteiger charge is 2.11. The van der Waals surface area contributed by atoms with Crippen molar-refractivity contribution in [3.63, 3.8) is 0 Å². The summed E-state index contributed by atoms with van der Waals surface area (Å²) in [5, 5.41) is 0. The van der Waals surface area contributed by atoms with Crippen LogP contribution in [0.5, 0.6) is 5.75 Å². The van der Waals surface area contributed by atoms with E-state index in [2.05, 4.69) is 38.8 Å². The van der Waals surface area contributed by atoms with Crippen LogP contribution in [0.25, 0.3) is 0 Å². The molecule has 1 atom stereocenters. The largest absolute Gasteiger partial charge is 0.492 e. The molecule has 0 spiro atoms. The van der Waals surface area contributed by atoms with E-state index < -0.39 is 0 Å². The van der Waals surface area contributed by atoms with Crippen LogP contribution >= 0.6 is 31.9 Å². The van der Waals surface area contributed by atoms with Crippen LogP contribution in [0.3, 0.4) is 0 Å². The van der Waals surface area contributed by atoms with Crippen LogP contribution in [-0.2, 0) is 0 Å². The fraction of sp³-hybridized carbons (Fsp3) is 0.250. The van der Waals surface area contributed by atoms with Crippen molar-refractivity contribution in [2.45, 2.75) is 19.4 Å². The van der Waals surface area contributed by atoms with Crippen molar-refractivity contribution in [1.29, 1.82) is 0 Å². The number of hydrogen-bond acceptors (Lipinski definition) is 2. The monoisotopic (exact) mass is 397 g/mol. The molecule has 0 saturated heterocycles. The van der Waals surface area contributed by atoms with Gasteiger partial charge < -0.3 is 10.5 Å². The summed E-state index contributed by atoms with van der Waals surface area (Å²) in [5.74, 6) is 0.860. The van der Waals surface area contributed by atoms with E-state index in [1.807, 2.05) is 42.5 Å². The van der Waals surface area contributed by atoms with Gasteiger partial charge in [-0.25, -0.2) is 0 Å². The third-order valence-corrected chi connectivity index (χ3v) is 4.15. The Hall–Kier alpha value is -0.840. The zero-order valence-corrected chi connectivity index (χ0v) is 14.4. The SMILES string of the molecule is CCCOc1ccc(C(N)c2ccc(Br)cc2)cc1Br. The Morgan fingerprint density at radius 3 is 2.30 bits per heavy atom. The smallest absolute Gasteiger partial charge is 0.133 e. The molecule has 0 radical (unpaired) electrons. The molecule has 106 valence electrons. The van der Waals surface area contributed by atoms with E-state index in [-0.39, 0.29) is 6.04 Å². The highest BCUT2D eigenvalue weighted by atomic mass is 79.9.